The third kappa shape index (κ3) is 3.81. The van der Waals surface area contributed by atoms with Crippen LogP contribution in [0.1, 0.15) is 22.1 Å². The third-order valence-electron chi connectivity index (χ3n) is 5.09. The number of H-pyrrole nitrogens is 1. The van der Waals surface area contributed by atoms with E-state index in [9.17, 15) is 14.7 Å². The maximum atomic E-state index is 12.9. The highest BCUT2D eigenvalue weighted by Crippen LogP contribution is 2.46. The molecule has 1 aliphatic heterocycles. The SMILES string of the molecule is O=c1[nH]c(=O)n(-c2ccc(Cl)cc2)c(O)c1C1=Nc2ccccc2S[C@H](c2cccs2)C1. The summed E-state index contributed by atoms with van der Waals surface area (Å²) >= 11 is 9.26. The zero-order valence-electron chi connectivity index (χ0n) is 16.5. The van der Waals surface area contributed by atoms with Gasteiger partial charge in [-0.1, -0.05) is 29.8 Å². The van der Waals surface area contributed by atoms with Gasteiger partial charge in [0.05, 0.1) is 17.1 Å². The molecule has 0 fully saturated rings. The normalized spacial score (nSPS) is 15.7. The van der Waals surface area contributed by atoms with Crippen molar-refractivity contribution in [3.05, 3.63) is 102 Å². The Kier molecular flexibility index (Phi) is 5.50. The van der Waals surface area contributed by atoms with E-state index in [0.29, 0.717) is 22.8 Å². The molecule has 0 spiro atoms. The predicted molar refractivity (Wildman–Crippen MR) is 130 cm³/mol. The van der Waals surface area contributed by atoms with Crippen LogP contribution in [-0.2, 0) is 0 Å². The number of hydrogen-bond acceptors (Lipinski definition) is 6. The molecule has 3 heterocycles. The van der Waals surface area contributed by atoms with Crippen LogP contribution in [0.5, 0.6) is 5.88 Å². The lowest BCUT2D eigenvalue weighted by molar-refractivity contribution is 0.429. The van der Waals surface area contributed by atoms with E-state index in [2.05, 4.69) is 4.98 Å². The molecule has 0 saturated carbocycles. The number of rotatable bonds is 3. The van der Waals surface area contributed by atoms with Crippen molar-refractivity contribution in [3.63, 3.8) is 0 Å². The van der Waals surface area contributed by atoms with E-state index in [0.717, 1.165) is 20.0 Å². The molecule has 2 aromatic heterocycles. The Bertz CT molecular complexity index is 1440. The summed E-state index contributed by atoms with van der Waals surface area (Å²) < 4.78 is 1.06. The Morgan fingerprint density at radius 3 is 2.59 bits per heavy atom. The van der Waals surface area contributed by atoms with Crippen molar-refractivity contribution in [2.24, 2.45) is 4.99 Å². The molecule has 6 nitrogen and oxygen atoms in total. The standard InChI is InChI=1S/C23H16ClN3O3S2/c24-13-7-9-14(10-8-13)27-22(29)20(21(28)26-23(27)30)16-12-19(18-6-3-11-31-18)32-17-5-2-1-4-15(17)25-16/h1-11,19,29H,12H2,(H,26,28,30)/t19-/m0/s1. The van der Waals surface area contributed by atoms with E-state index in [1.54, 1.807) is 47.4 Å². The molecule has 32 heavy (non-hydrogen) atoms. The van der Waals surface area contributed by atoms with Gasteiger partial charge < -0.3 is 5.11 Å². The second-order valence-electron chi connectivity index (χ2n) is 7.12. The average Bonchev–Trinajstić information content (AvgIpc) is 3.23. The number of benzene rings is 2. The van der Waals surface area contributed by atoms with E-state index < -0.39 is 17.1 Å². The maximum Gasteiger partial charge on any atom is 0.335 e. The van der Waals surface area contributed by atoms with Crippen LogP contribution in [0.3, 0.4) is 0 Å². The summed E-state index contributed by atoms with van der Waals surface area (Å²) in [5.41, 5.74) is 0.0895. The first-order chi connectivity index (χ1) is 15.5. The van der Waals surface area contributed by atoms with Crippen molar-refractivity contribution < 1.29 is 5.11 Å². The van der Waals surface area contributed by atoms with Crippen LogP contribution in [-0.4, -0.2) is 20.4 Å². The molecule has 2 N–H and O–H groups in total. The lowest BCUT2D eigenvalue weighted by atomic mass is 10.1. The van der Waals surface area contributed by atoms with Crippen LogP contribution >= 0.6 is 34.7 Å². The summed E-state index contributed by atoms with van der Waals surface area (Å²) in [7, 11) is 0. The van der Waals surface area contributed by atoms with Crippen LogP contribution in [0.2, 0.25) is 5.02 Å². The molecule has 0 unspecified atom stereocenters. The first-order valence-electron chi connectivity index (χ1n) is 9.72. The Labute approximate surface area is 195 Å². The molecule has 0 amide bonds. The van der Waals surface area contributed by atoms with Crippen molar-refractivity contribution in [3.8, 4) is 11.6 Å². The van der Waals surface area contributed by atoms with Gasteiger partial charge in [0.2, 0.25) is 5.88 Å². The highest BCUT2D eigenvalue weighted by molar-refractivity contribution is 7.99. The Balaban J connectivity index is 1.71. The zero-order chi connectivity index (χ0) is 22.2. The number of halogens is 1. The number of nitrogens with zero attached hydrogens (tertiary/aromatic N) is 2. The molecule has 1 aliphatic rings. The third-order valence-corrected chi connectivity index (χ3v) is 7.78. The van der Waals surface area contributed by atoms with Crippen molar-refractivity contribution in [2.75, 3.05) is 0 Å². The van der Waals surface area contributed by atoms with Crippen LogP contribution in [0.15, 0.2) is 85.5 Å². The fourth-order valence-corrected chi connectivity index (χ4v) is 5.89. The minimum Gasteiger partial charge on any atom is -0.493 e. The van der Waals surface area contributed by atoms with Crippen LogP contribution in [0.25, 0.3) is 5.69 Å². The van der Waals surface area contributed by atoms with Gasteiger partial charge in [-0.2, -0.15) is 0 Å². The summed E-state index contributed by atoms with van der Waals surface area (Å²) in [5, 5.41) is 13.6. The Morgan fingerprint density at radius 1 is 1.06 bits per heavy atom. The summed E-state index contributed by atoms with van der Waals surface area (Å²) in [6.45, 7) is 0. The van der Waals surface area contributed by atoms with Gasteiger partial charge in [0.15, 0.2) is 0 Å². The summed E-state index contributed by atoms with van der Waals surface area (Å²) in [4.78, 5) is 34.7. The second kappa shape index (κ2) is 8.46. The van der Waals surface area contributed by atoms with E-state index in [1.165, 1.54) is 0 Å². The fourth-order valence-electron chi connectivity index (χ4n) is 3.62. The zero-order valence-corrected chi connectivity index (χ0v) is 18.9. The number of hydrogen-bond donors (Lipinski definition) is 2. The van der Waals surface area contributed by atoms with Gasteiger partial charge in [-0.25, -0.2) is 9.36 Å². The number of para-hydroxylation sites is 1. The van der Waals surface area contributed by atoms with Crippen LogP contribution < -0.4 is 11.2 Å². The first kappa shape index (κ1) is 20.8. The average molecular weight is 482 g/mol. The molecule has 0 radical (unpaired) electrons. The number of thioether (sulfide) groups is 1. The van der Waals surface area contributed by atoms with E-state index in [-0.39, 0.29) is 10.8 Å². The molecule has 2 aromatic carbocycles. The molecule has 4 aromatic rings. The molecule has 160 valence electrons. The summed E-state index contributed by atoms with van der Waals surface area (Å²) in [5.74, 6) is -0.450. The number of fused-ring (bicyclic) bond motifs is 1. The minimum absolute atomic E-state index is 0.00658. The first-order valence-corrected chi connectivity index (χ1v) is 11.9. The van der Waals surface area contributed by atoms with Gasteiger partial charge in [-0.05, 0) is 47.8 Å². The highest BCUT2D eigenvalue weighted by atomic mass is 35.5. The summed E-state index contributed by atoms with van der Waals surface area (Å²) in [6.07, 6.45) is 0.412. The Hall–Kier alpha value is -3.07. The van der Waals surface area contributed by atoms with E-state index >= 15 is 0 Å². The molecule has 0 saturated heterocycles. The van der Waals surface area contributed by atoms with Gasteiger partial charge in [-0.15, -0.1) is 23.1 Å². The van der Waals surface area contributed by atoms with Gasteiger partial charge in [-0.3, -0.25) is 14.8 Å². The number of thiophene rings is 1. The molecule has 1 atom stereocenters. The number of aromatic amines is 1. The maximum absolute atomic E-state index is 12.9. The quantitative estimate of drug-likeness (QED) is 0.415. The molecular weight excluding hydrogens is 466 g/mol. The molecule has 0 bridgehead atoms. The minimum atomic E-state index is -0.739. The van der Waals surface area contributed by atoms with Crippen molar-refractivity contribution >= 4 is 46.1 Å². The molecule has 0 aliphatic carbocycles. The molecule has 9 heteroatoms. The van der Waals surface area contributed by atoms with Gasteiger partial charge in [0, 0.05) is 26.5 Å². The number of aromatic hydroxyl groups is 1. The highest BCUT2D eigenvalue weighted by Gasteiger charge is 2.28. The number of aliphatic imine (C=N–C) groups is 1. The van der Waals surface area contributed by atoms with E-state index in [4.69, 9.17) is 16.6 Å². The van der Waals surface area contributed by atoms with E-state index in [1.807, 2.05) is 41.8 Å². The summed E-state index contributed by atoms with van der Waals surface area (Å²) in [6, 6.07) is 18.1. The fraction of sp³-hybridized carbons (Fsp3) is 0.0870. The van der Waals surface area contributed by atoms with Gasteiger partial charge in [0.1, 0.15) is 5.56 Å². The largest absolute Gasteiger partial charge is 0.493 e. The lowest BCUT2D eigenvalue weighted by Crippen LogP contribution is -2.33. The Morgan fingerprint density at radius 2 is 1.84 bits per heavy atom. The smallest absolute Gasteiger partial charge is 0.335 e. The van der Waals surface area contributed by atoms with Crippen molar-refractivity contribution in [1.82, 2.24) is 9.55 Å². The monoisotopic (exact) mass is 481 g/mol. The predicted octanol–water partition coefficient (Wildman–Crippen LogP) is 5.30. The van der Waals surface area contributed by atoms with Crippen LogP contribution in [0.4, 0.5) is 5.69 Å². The number of nitrogens with one attached hydrogen (secondary N) is 1. The van der Waals surface area contributed by atoms with Gasteiger partial charge in [0.25, 0.3) is 5.56 Å². The topological polar surface area (TPSA) is 87.5 Å². The van der Waals surface area contributed by atoms with Crippen molar-refractivity contribution in [2.45, 2.75) is 16.6 Å². The van der Waals surface area contributed by atoms with Crippen molar-refractivity contribution in [1.29, 1.82) is 0 Å². The molecular formula is C23H16ClN3O3S2. The lowest BCUT2D eigenvalue weighted by Gasteiger charge is -2.15. The van der Waals surface area contributed by atoms with Gasteiger partial charge >= 0.3 is 5.69 Å². The number of aromatic nitrogens is 2. The molecule has 5 rings (SSSR count). The second-order valence-corrected chi connectivity index (χ2v) is 9.78. The van der Waals surface area contributed by atoms with Crippen LogP contribution in [0, 0.1) is 0 Å².